The van der Waals surface area contributed by atoms with Gasteiger partial charge in [-0.05, 0) is 32.6 Å². The zero-order valence-corrected chi connectivity index (χ0v) is 12.4. The van der Waals surface area contributed by atoms with Crippen LogP contribution in [0.2, 0.25) is 0 Å². The van der Waals surface area contributed by atoms with Crippen molar-refractivity contribution < 1.29 is 4.79 Å². The first kappa shape index (κ1) is 15.9. The molecule has 1 fully saturated rings. The summed E-state index contributed by atoms with van der Waals surface area (Å²) in [6.45, 7) is 8.93. The summed E-state index contributed by atoms with van der Waals surface area (Å²) >= 11 is 0. The van der Waals surface area contributed by atoms with Gasteiger partial charge in [0.15, 0.2) is 0 Å². The number of likely N-dealkylation sites (tertiary alicyclic amines) is 1. The molecular formula is C14H26N4O. The van der Waals surface area contributed by atoms with Crippen LogP contribution < -0.4 is 11.1 Å². The Bertz CT molecular complexity index is 363. The third-order valence-electron chi connectivity index (χ3n) is 4.19. The Kier molecular flexibility index (Phi) is 5.33. The second-order valence-corrected chi connectivity index (χ2v) is 6.12. The van der Waals surface area contributed by atoms with Crippen LogP contribution in [0.5, 0.6) is 0 Å². The van der Waals surface area contributed by atoms with Crippen LogP contribution in [0.4, 0.5) is 0 Å². The van der Waals surface area contributed by atoms with Crippen LogP contribution in [0.15, 0.2) is 0 Å². The molecule has 3 unspecified atom stereocenters. The van der Waals surface area contributed by atoms with Gasteiger partial charge < -0.3 is 11.1 Å². The number of piperidine rings is 1. The Hall–Kier alpha value is -1.12. The molecule has 1 saturated heterocycles. The molecule has 0 spiro atoms. The van der Waals surface area contributed by atoms with Crippen LogP contribution in [0.3, 0.4) is 0 Å². The molecule has 1 aliphatic heterocycles. The molecular weight excluding hydrogens is 240 g/mol. The van der Waals surface area contributed by atoms with Gasteiger partial charge in [-0.1, -0.05) is 13.8 Å². The van der Waals surface area contributed by atoms with Crippen molar-refractivity contribution in [2.45, 2.75) is 58.2 Å². The van der Waals surface area contributed by atoms with Gasteiger partial charge in [0.1, 0.15) is 5.54 Å². The fourth-order valence-electron chi connectivity index (χ4n) is 2.31. The smallest absolute Gasteiger partial charge is 0.235 e. The first-order valence-corrected chi connectivity index (χ1v) is 7.00. The summed E-state index contributed by atoms with van der Waals surface area (Å²) < 4.78 is 0. The highest BCUT2D eigenvalue weighted by atomic mass is 16.2. The summed E-state index contributed by atoms with van der Waals surface area (Å²) in [5, 5.41) is 12.1. The molecule has 3 atom stereocenters. The molecule has 1 rings (SSSR count). The topological polar surface area (TPSA) is 82.2 Å². The van der Waals surface area contributed by atoms with Crippen molar-refractivity contribution in [1.82, 2.24) is 10.2 Å². The molecule has 5 nitrogen and oxygen atoms in total. The first-order valence-electron chi connectivity index (χ1n) is 7.00. The minimum absolute atomic E-state index is 0.0775. The average Bonchev–Trinajstić information content (AvgIpc) is 2.32. The number of hydrogen-bond acceptors (Lipinski definition) is 4. The molecule has 0 aromatic carbocycles. The second kappa shape index (κ2) is 6.36. The van der Waals surface area contributed by atoms with E-state index in [0.717, 1.165) is 19.4 Å². The summed E-state index contributed by atoms with van der Waals surface area (Å²) in [6, 6.07) is 2.76. The molecule has 0 aromatic heterocycles. The molecule has 1 amide bonds. The Morgan fingerprint density at radius 3 is 2.74 bits per heavy atom. The van der Waals surface area contributed by atoms with E-state index in [2.05, 4.69) is 23.2 Å². The number of carbonyl (C=O) groups excluding carboxylic acids is 1. The van der Waals surface area contributed by atoms with E-state index in [-0.39, 0.29) is 17.9 Å². The maximum Gasteiger partial charge on any atom is 0.235 e. The van der Waals surface area contributed by atoms with Crippen molar-refractivity contribution in [3.05, 3.63) is 0 Å². The molecule has 1 aliphatic rings. The van der Waals surface area contributed by atoms with Gasteiger partial charge in [-0.2, -0.15) is 5.26 Å². The van der Waals surface area contributed by atoms with E-state index in [0.29, 0.717) is 12.6 Å². The minimum Gasteiger partial charge on any atom is -0.337 e. The highest BCUT2D eigenvalue weighted by Crippen LogP contribution is 2.17. The van der Waals surface area contributed by atoms with Gasteiger partial charge in [-0.15, -0.1) is 0 Å². The third-order valence-corrected chi connectivity index (χ3v) is 4.19. The second-order valence-electron chi connectivity index (χ2n) is 6.12. The average molecular weight is 266 g/mol. The molecule has 0 aliphatic carbocycles. The van der Waals surface area contributed by atoms with Gasteiger partial charge in [0.2, 0.25) is 5.91 Å². The van der Waals surface area contributed by atoms with Gasteiger partial charge in [-0.25, -0.2) is 0 Å². The van der Waals surface area contributed by atoms with Crippen LogP contribution in [0.1, 0.15) is 40.5 Å². The first-order chi connectivity index (χ1) is 8.78. The van der Waals surface area contributed by atoms with Crippen molar-refractivity contribution >= 4 is 5.91 Å². The quantitative estimate of drug-likeness (QED) is 0.790. The van der Waals surface area contributed by atoms with Crippen molar-refractivity contribution in [3.63, 3.8) is 0 Å². The zero-order chi connectivity index (χ0) is 14.6. The van der Waals surface area contributed by atoms with Crippen LogP contribution >= 0.6 is 0 Å². The summed E-state index contributed by atoms with van der Waals surface area (Å²) in [7, 11) is 0. The van der Waals surface area contributed by atoms with Crippen molar-refractivity contribution in [3.8, 4) is 6.07 Å². The lowest BCUT2D eigenvalue weighted by Gasteiger charge is -2.36. The number of hydrogen-bond donors (Lipinski definition) is 2. The highest BCUT2D eigenvalue weighted by Gasteiger charge is 2.31. The van der Waals surface area contributed by atoms with Crippen LogP contribution in [0, 0.1) is 17.2 Å². The minimum atomic E-state index is -0.799. The largest absolute Gasteiger partial charge is 0.337 e. The summed E-state index contributed by atoms with van der Waals surface area (Å²) in [4.78, 5) is 14.2. The molecule has 0 aromatic rings. The number of nitrogens with zero attached hydrogens (tertiary/aromatic N) is 2. The SMILES string of the molecule is CC1CC(N)CCN1CC(=O)NC(C)(C#N)C(C)C. The summed E-state index contributed by atoms with van der Waals surface area (Å²) in [5.41, 5.74) is 5.11. The maximum absolute atomic E-state index is 12.1. The van der Waals surface area contributed by atoms with Crippen molar-refractivity contribution in [2.24, 2.45) is 11.7 Å². The standard InChI is InChI=1S/C14H26N4O/c1-10(2)14(4,9-15)17-13(19)8-18-6-5-12(16)7-11(18)3/h10-12H,5-8,16H2,1-4H3,(H,17,19). The van der Waals surface area contributed by atoms with E-state index in [9.17, 15) is 10.1 Å². The lowest BCUT2D eigenvalue weighted by atomic mass is 9.90. The Balaban J connectivity index is 2.54. The van der Waals surface area contributed by atoms with Gasteiger partial charge in [-0.3, -0.25) is 9.69 Å². The molecule has 3 N–H and O–H groups in total. The van der Waals surface area contributed by atoms with Crippen LogP contribution in [-0.2, 0) is 4.79 Å². The lowest BCUT2D eigenvalue weighted by Crippen LogP contribution is -2.54. The fourth-order valence-corrected chi connectivity index (χ4v) is 2.31. The number of carbonyl (C=O) groups is 1. The molecule has 108 valence electrons. The Labute approximate surface area is 116 Å². The van der Waals surface area contributed by atoms with E-state index in [1.54, 1.807) is 6.92 Å². The van der Waals surface area contributed by atoms with E-state index in [4.69, 9.17) is 5.73 Å². The third kappa shape index (κ3) is 4.19. The number of amides is 1. The molecule has 0 saturated carbocycles. The van der Waals surface area contributed by atoms with Gasteiger partial charge in [0.05, 0.1) is 12.6 Å². The van der Waals surface area contributed by atoms with Gasteiger partial charge >= 0.3 is 0 Å². The van der Waals surface area contributed by atoms with Crippen molar-refractivity contribution in [1.29, 1.82) is 5.26 Å². The molecule has 19 heavy (non-hydrogen) atoms. The molecule has 0 radical (unpaired) electrons. The molecule has 0 bridgehead atoms. The van der Waals surface area contributed by atoms with Crippen LogP contribution in [-0.4, -0.2) is 41.5 Å². The highest BCUT2D eigenvalue weighted by molar-refractivity contribution is 5.79. The van der Waals surface area contributed by atoms with E-state index in [1.165, 1.54) is 0 Å². The van der Waals surface area contributed by atoms with Gasteiger partial charge in [0, 0.05) is 18.6 Å². The number of nitrogens with two attached hydrogens (primary N) is 1. The lowest BCUT2D eigenvalue weighted by molar-refractivity contribution is -0.124. The predicted molar refractivity (Wildman–Crippen MR) is 75.2 cm³/mol. The van der Waals surface area contributed by atoms with E-state index < -0.39 is 5.54 Å². The fraction of sp³-hybridized carbons (Fsp3) is 0.857. The monoisotopic (exact) mass is 266 g/mol. The number of nitriles is 1. The number of rotatable bonds is 4. The molecule has 1 heterocycles. The maximum atomic E-state index is 12.1. The van der Waals surface area contributed by atoms with E-state index >= 15 is 0 Å². The van der Waals surface area contributed by atoms with Gasteiger partial charge in [0.25, 0.3) is 0 Å². The van der Waals surface area contributed by atoms with Crippen LogP contribution in [0.25, 0.3) is 0 Å². The molecule has 5 heteroatoms. The normalized spacial score (nSPS) is 27.6. The van der Waals surface area contributed by atoms with Crippen molar-refractivity contribution in [2.75, 3.05) is 13.1 Å². The Morgan fingerprint density at radius 1 is 1.63 bits per heavy atom. The summed E-state index contributed by atoms with van der Waals surface area (Å²) in [6.07, 6.45) is 1.85. The Morgan fingerprint density at radius 2 is 2.26 bits per heavy atom. The summed E-state index contributed by atoms with van der Waals surface area (Å²) in [5.74, 6) is -0.00581. The number of nitrogens with one attached hydrogen (secondary N) is 1. The predicted octanol–water partition coefficient (Wildman–Crippen LogP) is 0.852. The van der Waals surface area contributed by atoms with E-state index in [1.807, 2.05) is 13.8 Å². The zero-order valence-electron chi connectivity index (χ0n) is 12.4.